The molecule has 0 saturated carbocycles. The van der Waals surface area contributed by atoms with Crippen LogP contribution < -0.4 is 14.4 Å². The largest absolute Gasteiger partial charge is 0.497 e. The van der Waals surface area contributed by atoms with Gasteiger partial charge in [0.25, 0.3) is 10.0 Å². The maximum absolute atomic E-state index is 14.0. The van der Waals surface area contributed by atoms with E-state index in [1.54, 1.807) is 55.6 Å². The SMILES string of the molecule is CC[C@@H](C(=O)NC(C)C)N(Cc1ccc(OC)cc1)C(=O)CN(c1cccc(C)c1)S(=O)(=O)c1ccccc1. The minimum absolute atomic E-state index is 0.0746. The van der Waals surface area contributed by atoms with Crippen molar-refractivity contribution in [2.75, 3.05) is 18.0 Å². The first kappa shape index (κ1) is 29.7. The van der Waals surface area contributed by atoms with Gasteiger partial charge in [-0.25, -0.2) is 8.42 Å². The van der Waals surface area contributed by atoms with Crippen molar-refractivity contribution in [1.82, 2.24) is 10.2 Å². The monoisotopic (exact) mass is 551 g/mol. The van der Waals surface area contributed by atoms with E-state index in [-0.39, 0.29) is 23.4 Å². The van der Waals surface area contributed by atoms with Gasteiger partial charge in [-0.15, -0.1) is 0 Å². The lowest BCUT2D eigenvalue weighted by atomic mass is 10.1. The van der Waals surface area contributed by atoms with Gasteiger partial charge in [0.05, 0.1) is 17.7 Å². The first-order valence-electron chi connectivity index (χ1n) is 12.9. The molecule has 3 rings (SSSR count). The highest BCUT2D eigenvalue weighted by atomic mass is 32.2. The van der Waals surface area contributed by atoms with E-state index in [4.69, 9.17) is 4.74 Å². The normalized spacial score (nSPS) is 12.1. The van der Waals surface area contributed by atoms with E-state index in [2.05, 4.69) is 5.32 Å². The minimum Gasteiger partial charge on any atom is -0.497 e. The van der Waals surface area contributed by atoms with Gasteiger partial charge in [-0.05, 0) is 74.7 Å². The van der Waals surface area contributed by atoms with Gasteiger partial charge < -0.3 is 15.0 Å². The molecule has 1 atom stereocenters. The molecule has 0 aliphatic carbocycles. The number of aryl methyl sites for hydroxylation is 1. The molecule has 0 bridgehead atoms. The minimum atomic E-state index is -4.08. The summed E-state index contributed by atoms with van der Waals surface area (Å²) in [5.41, 5.74) is 2.01. The van der Waals surface area contributed by atoms with Crippen LogP contribution in [-0.4, -0.2) is 50.9 Å². The van der Waals surface area contributed by atoms with E-state index in [1.165, 1.54) is 17.0 Å². The molecule has 3 aromatic carbocycles. The first-order chi connectivity index (χ1) is 18.6. The van der Waals surface area contributed by atoms with Crippen LogP contribution in [0, 0.1) is 6.92 Å². The number of amides is 2. The highest BCUT2D eigenvalue weighted by Crippen LogP contribution is 2.26. The summed E-state index contributed by atoms with van der Waals surface area (Å²) in [6.45, 7) is 7.05. The fraction of sp³-hybridized carbons (Fsp3) is 0.333. The number of hydrogen-bond acceptors (Lipinski definition) is 5. The van der Waals surface area contributed by atoms with E-state index in [9.17, 15) is 18.0 Å². The van der Waals surface area contributed by atoms with Gasteiger partial charge in [-0.3, -0.25) is 13.9 Å². The van der Waals surface area contributed by atoms with Crippen LogP contribution in [0.25, 0.3) is 0 Å². The predicted molar refractivity (Wildman–Crippen MR) is 153 cm³/mol. The molecule has 0 spiro atoms. The van der Waals surface area contributed by atoms with Gasteiger partial charge in [0, 0.05) is 12.6 Å². The molecule has 2 amide bonds. The lowest BCUT2D eigenvalue weighted by molar-refractivity contribution is -0.140. The summed E-state index contributed by atoms with van der Waals surface area (Å²) >= 11 is 0. The highest BCUT2D eigenvalue weighted by Gasteiger charge is 2.33. The van der Waals surface area contributed by atoms with Crippen LogP contribution >= 0.6 is 0 Å². The molecule has 0 heterocycles. The Kier molecular flexibility index (Phi) is 10.1. The fourth-order valence-electron chi connectivity index (χ4n) is 4.26. The quantitative estimate of drug-likeness (QED) is 0.357. The maximum atomic E-state index is 14.0. The zero-order valence-corrected chi connectivity index (χ0v) is 23.9. The van der Waals surface area contributed by atoms with Crippen molar-refractivity contribution in [3.63, 3.8) is 0 Å². The molecule has 0 fully saturated rings. The molecule has 0 saturated heterocycles. The van der Waals surface area contributed by atoms with Crippen LogP contribution in [0.15, 0.2) is 83.8 Å². The van der Waals surface area contributed by atoms with Crippen molar-refractivity contribution in [1.29, 1.82) is 0 Å². The van der Waals surface area contributed by atoms with E-state index >= 15 is 0 Å². The molecule has 39 heavy (non-hydrogen) atoms. The second-order valence-corrected chi connectivity index (χ2v) is 11.5. The number of ether oxygens (including phenoxy) is 1. The van der Waals surface area contributed by atoms with Crippen molar-refractivity contribution in [2.45, 2.75) is 57.6 Å². The standard InChI is InChI=1S/C30H37N3O5S/c1-6-28(30(35)31-22(2)3)32(20-24-15-17-26(38-5)18-16-24)29(34)21-33(25-12-10-11-23(4)19-25)39(36,37)27-13-8-7-9-14-27/h7-19,22,28H,6,20-21H2,1-5H3,(H,31,35)/t28-/m0/s1. The smallest absolute Gasteiger partial charge is 0.264 e. The van der Waals surface area contributed by atoms with Crippen LogP contribution in [0.5, 0.6) is 5.75 Å². The molecule has 0 unspecified atom stereocenters. The fourth-order valence-corrected chi connectivity index (χ4v) is 5.69. The Morgan fingerprint density at radius 3 is 2.18 bits per heavy atom. The van der Waals surface area contributed by atoms with Gasteiger partial charge in [0.2, 0.25) is 11.8 Å². The molecule has 3 aromatic rings. The molecule has 0 radical (unpaired) electrons. The molecule has 1 N–H and O–H groups in total. The van der Waals surface area contributed by atoms with Gasteiger partial charge >= 0.3 is 0 Å². The third kappa shape index (κ3) is 7.60. The molecule has 8 nitrogen and oxygen atoms in total. The Hall–Kier alpha value is -3.85. The summed E-state index contributed by atoms with van der Waals surface area (Å²) in [6.07, 6.45) is 0.357. The molecule has 9 heteroatoms. The third-order valence-corrected chi connectivity index (χ3v) is 8.02. The van der Waals surface area contributed by atoms with Gasteiger partial charge in [-0.1, -0.05) is 49.4 Å². The maximum Gasteiger partial charge on any atom is 0.264 e. The van der Waals surface area contributed by atoms with Crippen molar-refractivity contribution in [2.24, 2.45) is 0 Å². The number of sulfonamides is 1. The molecule has 0 aromatic heterocycles. The number of nitrogens with one attached hydrogen (secondary N) is 1. The lowest BCUT2D eigenvalue weighted by Crippen LogP contribution is -2.53. The zero-order chi connectivity index (χ0) is 28.6. The number of methoxy groups -OCH3 is 1. The van der Waals surface area contributed by atoms with Crippen molar-refractivity contribution >= 4 is 27.5 Å². The third-order valence-electron chi connectivity index (χ3n) is 6.23. The topological polar surface area (TPSA) is 96.0 Å². The number of carbonyl (C=O) groups is 2. The van der Waals surface area contributed by atoms with Crippen molar-refractivity contribution in [3.8, 4) is 5.75 Å². The number of hydrogen-bond donors (Lipinski definition) is 1. The van der Waals surface area contributed by atoms with E-state index < -0.39 is 28.5 Å². The summed E-state index contributed by atoms with van der Waals surface area (Å²) in [7, 11) is -2.51. The second kappa shape index (κ2) is 13.3. The summed E-state index contributed by atoms with van der Waals surface area (Å²) in [5, 5.41) is 2.90. The van der Waals surface area contributed by atoms with E-state index in [0.717, 1.165) is 15.4 Å². The van der Waals surface area contributed by atoms with Gasteiger partial charge in [-0.2, -0.15) is 0 Å². The first-order valence-corrected chi connectivity index (χ1v) is 14.4. The second-order valence-electron chi connectivity index (χ2n) is 9.62. The van der Waals surface area contributed by atoms with Crippen LogP contribution in [0.4, 0.5) is 5.69 Å². The van der Waals surface area contributed by atoms with Crippen LogP contribution in [-0.2, 0) is 26.2 Å². The Bertz CT molecular complexity index is 1360. The van der Waals surface area contributed by atoms with Gasteiger partial charge in [0.1, 0.15) is 18.3 Å². The molecule has 208 valence electrons. The highest BCUT2D eigenvalue weighted by molar-refractivity contribution is 7.92. The number of carbonyl (C=O) groups excluding carboxylic acids is 2. The summed E-state index contributed by atoms with van der Waals surface area (Å²) in [5.74, 6) is -0.110. The van der Waals surface area contributed by atoms with Crippen molar-refractivity contribution < 1.29 is 22.7 Å². The van der Waals surface area contributed by atoms with E-state index in [1.807, 2.05) is 45.9 Å². The molecule has 0 aliphatic rings. The number of benzene rings is 3. The summed E-state index contributed by atoms with van der Waals surface area (Å²) in [6, 6.07) is 21.3. The van der Waals surface area contributed by atoms with Gasteiger partial charge in [0.15, 0.2) is 0 Å². The molecule has 0 aliphatic heterocycles. The molecular formula is C30H37N3O5S. The summed E-state index contributed by atoms with van der Waals surface area (Å²) < 4.78 is 34.0. The van der Waals surface area contributed by atoms with Crippen LogP contribution in [0.2, 0.25) is 0 Å². The van der Waals surface area contributed by atoms with Crippen LogP contribution in [0.1, 0.15) is 38.3 Å². The van der Waals surface area contributed by atoms with Crippen LogP contribution in [0.3, 0.4) is 0 Å². The molecular weight excluding hydrogens is 514 g/mol. The Balaban J connectivity index is 2.04. The Labute approximate surface area is 231 Å². The number of anilines is 1. The van der Waals surface area contributed by atoms with Crippen molar-refractivity contribution in [3.05, 3.63) is 90.0 Å². The number of nitrogens with zero attached hydrogens (tertiary/aromatic N) is 2. The Morgan fingerprint density at radius 2 is 1.62 bits per heavy atom. The average molecular weight is 552 g/mol. The zero-order valence-electron chi connectivity index (χ0n) is 23.1. The lowest BCUT2D eigenvalue weighted by Gasteiger charge is -2.33. The summed E-state index contributed by atoms with van der Waals surface area (Å²) in [4.78, 5) is 28.7. The van der Waals surface area contributed by atoms with E-state index in [0.29, 0.717) is 17.9 Å². The predicted octanol–water partition coefficient (Wildman–Crippen LogP) is 4.53. The number of rotatable bonds is 12. The Morgan fingerprint density at radius 1 is 0.949 bits per heavy atom. The average Bonchev–Trinajstić information content (AvgIpc) is 2.91.